The average molecular weight is 496 g/mol. The highest BCUT2D eigenvalue weighted by Gasteiger charge is 2.36. The van der Waals surface area contributed by atoms with Gasteiger partial charge in [-0.15, -0.1) is 23.1 Å². The number of hydrogen-bond acceptors (Lipinski definition) is 5. The number of thiophene rings is 1. The molecule has 2 aliphatic rings. The Morgan fingerprint density at radius 2 is 1.94 bits per heavy atom. The van der Waals surface area contributed by atoms with Crippen LogP contribution in [0.1, 0.15) is 52.6 Å². The van der Waals surface area contributed by atoms with Gasteiger partial charge in [-0.05, 0) is 67.3 Å². The quantitative estimate of drug-likeness (QED) is 0.385. The summed E-state index contributed by atoms with van der Waals surface area (Å²) in [7, 11) is 1.36. The monoisotopic (exact) mass is 495 g/mol. The van der Waals surface area contributed by atoms with Crippen molar-refractivity contribution in [2.24, 2.45) is 0 Å². The molecular weight excluding hydrogens is 466 g/mol. The number of aryl methyl sites for hydroxylation is 1. The van der Waals surface area contributed by atoms with Crippen molar-refractivity contribution in [1.82, 2.24) is 14.8 Å². The minimum absolute atomic E-state index is 0.151. The molecule has 3 aromatic rings. The Morgan fingerprint density at radius 1 is 1.15 bits per heavy atom. The summed E-state index contributed by atoms with van der Waals surface area (Å²) >= 11 is 3.59. The van der Waals surface area contributed by atoms with Crippen LogP contribution in [0.25, 0.3) is 5.00 Å². The maximum absolute atomic E-state index is 13.6. The van der Waals surface area contributed by atoms with Gasteiger partial charge in [-0.3, -0.25) is 4.79 Å². The second-order valence-electron chi connectivity index (χ2n) is 8.66. The smallest absolute Gasteiger partial charge is 0.318 e. The summed E-state index contributed by atoms with van der Waals surface area (Å²) in [4.78, 5) is 29.8. The van der Waals surface area contributed by atoms with Gasteiger partial charge in [-0.25, -0.2) is 4.79 Å². The average Bonchev–Trinajstić information content (AvgIpc) is 3.46. The van der Waals surface area contributed by atoms with E-state index < -0.39 is 0 Å². The number of nitrogens with zero attached hydrogens (tertiary/aromatic N) is 2. The fraction of sp³-hybridized carbons (Fsp3) is 0.385. The molecule has 178 valence electrons. The Hall–Kier alpha value is -2.71. The van der Waals surface area contributed by atoms with Crippen LogP contribution in [-0.4, -0.2) is 41.4 Å². The van der Waals surface area contributed by atoms with E-state index >= 15 is 0 Å². The lowest BCUT2D eigenvalue weighted by molar-refractivity contribution is -0.140. The predicted molar refractivity (Wildman–Crippen MR) is 136 cm³/mol. The Labute approximate surface area is 208 Å². The molecule has 2 aromatic heterocycles. The minimum atomic E-state index is -0.330. The molecule has 34 heavy (non-hydrogen) atoms. The number of carbonyl (C=O) groups is 2. The number of rotatable bonds is 5. The lowest BCUT2D eigenvalue weighted by atomic mass is 9.95. The summed E-state index contributed by atoms with van der Waals surface area (Å²) in [5.41, 5.74) is 4.85. The molecule has 1 atom stereocenters. The topological polar surface area (TPSA) is 63.6 Å². The first kappa shape index (κ1) is 23.1. The summed E-state index contributed by atoms with van der Waals surface area (Å²) in [5, 5.41) is 4.21. The highest BCUT2D eigenvalue weighted by atomic mass is 32.2. The predicted octanol–water partition coefficient (Wildman–Crippen LogP) is 5.32. The van der Waals surface area contributed by atoms with Crippen molar-refractivity contribution in [3.8, 4) is 5.00 Å². The van der Waals surface area contributed by atoms with Crippen LogP contribution in [0.3, 0.4) is 0 Å². The zero-order chi connectivity index (χ0) is 23.7. The van der Waals surface area contributed by atoms with Gasteiger partial charge in [0.25, 0.3) is 0 Å². The van der Waals surface area contributed by atoms with Crippen LogP contribution in [0, 0.1) is 0 Å². The molecule has 0 saturated heterocycles. The number of aromatic nitrogens is 1. The number of nitrogens with one attached hydrogen (secondary N) is 1. The number of urea groups is 1. The first-order chi connectivity index (χ1) is 16.6. The Bertz CT molecular complexity index is 1200. The highest BCUT2D eigenvalue weighted by Crippen LogP contribution is 2.44. The van der Waals surface area contributed by atoms with Crippen LogP contribution in [0.15, 0.2) is 47.5 Å². The van der Waals surface area contributed by atoms with E-state index in [1.54, 1.807) is 11.8 Å². The molecular formula is C26H29N3O3S2. The van der Waals surface area contributed by atoms with E-state index in [1.807, 2.05) is 16.2 Å². The third kappa shape index (κ3) is 4.25. The van der Waals surface area contributed by atoms with Gasteiger partial charge in [0.05, 0.1) is 31.8 Å². The molecule has 1 aliphatic heterocycles. The molecule has 1 aliphatic carbocycles. The third-order valence-electron chi connectivity index (χ3n) is 6.70. The van der Waals surface area contributed by atoms with Crippen molar-refractivity contribution in [3.63, 3.8) is 0 Å². The highest BCUT2D eigenvalue weighted by molar-refractivity contribution is 7.98. The molecule has 1 N–H and O–H groups in total. The Kier molecular flexibility index (Phi) is 6.70. The normalized spacial score (nSPS) is 16.8. The largest absolute Gasteiger partial charge is 0.469 e. The maximum Gasteiger partial charge on any atom is 0.318 e. The van der Waals surface area contributed by atoms with Gasteiger partial charge < -0.3 is 19.5 Å². The summed E-state index contributed by atoms with van der Waals surface area (Å²) in [6.07, 6.45) is 8.95. The van der Waals surface area contributed by atoms with E-state index in [2.05, 4.69) is 58.7 Å². The summed E-state index contributed by atoms with van der Waals surface area (Å²) in [6.45, 7) is 0.789. The van der Waals surface area contributed by atoms with Crippen molar-refractivity contribution in [2.45, 2.75) is 49.6 Å². The van der Waals surface area contributed by atoms with Crippen molar-refractivity contribution in [3.05, 3.63) is 69.9 Å². The third-order valence-corrected chi connectivity index (χ3v) is 8.78. The van der Waals surface area contributed by atoms with Crippen molar-refractivity contribution < 1.29 is 14.3 Å². The summed E-state index contributed by atoms with van der Waals surface area (Å²) < 4.78 is 7.02. The number of hydrogen-bond donors (Lipinski definition) is 1. The molecule has 5 rings (SSSR count). The zero-order valence-electron chi connectivity index (χ0n) is 19.5. The van der Waals surface area contributed by atoms with Crippen LogP contribution >= 0.6 is 23.1 Å². The number of thioether (sulfide) groups is 1. The van der Waals surface area contributed by atoms with E-state index in [-0.39, 0.29) is 31.0 Å². The van der Waals surface area contributed by atoms with E-state index in [0.717, 1.165) is 24.1 Å². The standard InChI is InChI=1S/C26H29N3O3S2/c1-32-23(30)13-14-27-26(31)29-16-20-19-6-3-4-8-22(19)34-25(20)28-15-5-7-21(28)24(29)17-9-11-18(33-2)12-10-17/h5,7,9-12,15,24H,3-4,6,8,13-14,16H2,1-2H3,(H,27,31)/t24-/m0/s1. The molecule has 2 amide bonds. The minimum Gasteiger partial charge on any atom is -0.469 e. The summed E-state index contributed by atoms with van der Waals surface area (Å²) in [6, 6.07) is 12.3. The number of benzene rings is 1. The fourth-order valence-corrected chi connectivity index (χ4v) is 6.81. The van der Waals surface area contributed by atoms with Gasteiger partial charge in [0.1, 0.15) is 5.00 Å². The SMILES string of the molecule is COC(=O)CCNC(=O)N1Cc2c(sc3c2CCCC3)-n2cccc2[C@@H]1c1ccc(SC)cc1. The lowest BCUT2D eigenvalue weighted by Gasteiger charge is -2.31. The van der Waals surface area contributed by atoms with Gasteiger partial charge in [-0.1, -0.05) is 12.1 Å². The molecule has 8 heteroatoms. The molecule has 0 spiro atoms. The molecule has 6 nitrogen and oxygen atoms in total. The molecule has 0 radical (unpaired) electrons. The Morgan fingerprint density at radius 3 is 2.71 bits per heavy atom. The number of carbonyl (C=O) groups excluding carboxylic acids is 2. The van der Waals surface area contributed by atoms with Crippen LogP contribution in [-0.2, 0) is 28.9 Å². The van der Waals surface area contributed by atoms with E-state index in [1.165, 1.54) is 45.9 Å². The second-order valence-corrected chi connectivity index (χ2v) is 10.6. The lowest BCUT2D eigenvalue weighted by Crippen LogP contribution is -2.42. The molecule has 0 bridgehead atoms. The number of fused-ring (bicyclic) bond motifs is 5. The van der Waals surface area contributed by atoms with E-state index in [0.29, 0.717) is 6.54 Å². The number of amides is 2. The van der Waals surface area contributed by atoms with Gasteiger partial charge in [0, 0.05) is 28.1 Å². The zero-order valence-corrected chi connectivity index (χ0v) is 21.1. The first-order valence-electron chi connectivity index (χ1n) is 11.7. The van der Waals surface area contributed by atoms with Crippen LogP contribution in [0.2, 0.25) is 0 Å². The van der Waals surface area contributed by atoms with Crippen molar-refractivity contribution >= 4 is 35.1 Å². The molecule has 3 heterocycles. The Balaban J connectivity index is 1.57. The van der Waals surface area contributed by atoms with E-state index in [4.69, 9.17) is 4.74 Å². The molecule has 0 saturated carbocycles. The second kappa shape index (κ2) is 9.88. The van der Waals surface area contributed by atoms with Crippen LogP contribution < -0.4 is 5.32 Å². The molecule has 0 fully saturated rings. The van der Waals surface area contributed by atoms with Gasteiger partial charge >= 0.3 is 12.0 Å². The first-order valence-corrected chi connectivity index (χ1v) is 13.7. The summed E-state index contributed by atoms with van der Waals surface area (Å²) in [5.74, 6) is -0.330. The van der Waals surface area contributed by atoms with Crippen molar-refractivity contribution in [1.29, 1.82) is 0 Å². The number of methoxy groups -OCH3 is 1. The molecule has 1 aromatic carbocycles. The number of esters is 1. The van der Waals surface area contributed by atoms with Crippen LogP contribution in [0.5, 0.6) is 0 Å². The maximum atomic E-state index is 13.6. The van der Waals surface area contributed by atoms with Crippen LogP contribution in [0.4, 0.5) is 4.79 Å². The molecule has 0 unspecified atom stereocenters. The van der Waals surface area contributed by atoms with Gasteiger partial charge in [0.15, 0.2) is 0 Å². The van der Waals surface area contributed by atoms with Gasteiger partial charge in [0.2, 0.25) is 0 Å². The van der Waals surface area contributed by atoms with E-state index in [9.17, 15) is 9.59 Å². The van der Waals surface area contributed by atoms with Crippen molar-refractivity contribution in [2.75, 3.05) is 19.9 Å². The number of ether oxygens (including phenoxy) is 1. The fourth-order valence-electron chi connectivity index (χ4n) is 5.00. The van der Waals surface area contributed by atoms with Gasteiger partial charge in [-0.2, -0.15) is 0 Å².